The van der Waals surface area contributed by atoms with Crippen LogP contribution in [0.25, 0.3) is 0 Å². The van der Waals surface area contributed by atoms with Crippen molar-refractivity contribution in [3.05, 3.63) is 59.8 Å². The molecule has 4 N–H and O–H groups in total. The van der Waals surface area contributed by atoms with Gasteiger partial charge in [-0.2, -0.15) is 13.2 Å². The summed E-state index contributed by atoms with van der Waals surface area (Å²) in [5.41, 5.74) is 6.08. The maximum atomic E-state index is 12.4. The van der Waals surface area contributed by atoms with E-state index in [1.165, 1.54) is 6.07 Å². The summed E-state index contributed by atoms with van der Waals surface area (Å²) in [4.78, 5) is 7.97. The highest BCUT2D eigenvalue weighted by atomic mass is 19.4. The Morgan fingerprint density at radius 1 is 1.08 bits per heavy atom. The maximum absolute atomic E-state index is 12.4. The van der Waals surface area contributed by atoms with Gasteiger partial charge in [0.2, 0.25) is 0 Å². The van der Waals surface area contributed by atoms with Gasteiger partial charge in [-0.15, -0.1) is 0 Å². The van der Waals surface area contributed by atoms with E-state index in [4.69, 9.17) is 5.73 Å². The number of nitrogens with two attached hydrogens (primary N) is 1. The van der Waals surface area contributed by atoms with Gasteiger partial charge in [-0.3, -0.25) is 0 Å². The van der Waals surface area contributed by atoms with Gasteiger partial charge in [0.25, 0.3) is 0 Å². The lowest BCUT2D eigenvalue weighted by Crippen LogP contribution is -2.33. The third-order valence-electron chi connectivity index (χ3n) is 3.33. The van der Waals surface area contributed by atoms with E-state index in [0.717, 1.165) is 17.8 Å². The molecule has 2 aromatic rings. The molecule has 1 aromatic carbocycles. The molecule has 0 aliphatic carbocycles. The lowest BCUT2D eigenvalue weighted by molar-refractivity contribution is -0.137. The summed E-state index contributed by atoms with van der Waals surface area (Å²) in [6.07, 6.45) is -2.84. The Bertz CT molecular complexity index is 669. The van der Waals surface area contributed by atoms with Gasteiger partial charge in [0.1, 0.15) is 5.82 Å². The number of aromatic nitrogens is 1. The fourth-order valence-corrected chi connectivity index (χ4v) is 2.00. The molecule has 0 spiro atoms. The molecule has 0 fully saturated rings. The van der Waals surface area contributed by atoms with Crippen LogP contribution in [0.3, 0.4) is 0 Å². The van der Waals surface area contributed by atoms with Crippen LogP contribution in [0.15, 0.2) is 53.7 Å². The zero-order valence-electron chi connectivity index (χ0n) is 13.6. The van der Waals surface area contributed by atoms with Crippen molar-refractivity contribution >= 4 is 11.8 Å². The van der Waals surface area contributed by atoms with Crippen LogP contribution >= 0.6 is 0 Å². The van der Waals surface area contributed by atoms with E-state index in [0.29, 0.717) is 37.8 Å². The number of aliphatic imine (C=N–C) groups is 1. The molecular formula is C17H20F3N5. The summed E-state index contributed by atoms with van der Waals surface area (Å²) in [5.74, 6) is 0.759. The number of anilines is 1. The standard InChI is InChI=1S/C17H20F3N5/c18-17(19,20)14-7-8-15(24-12-14)22-9-4-10-23-16(21)25-11-13-5-2-1-3-6-13/h1-3,5-8,12H,4,9-11H2,(H,22,24)(H3,21,23,25). The average molecular weight is 351 g/mol. The predicted octanol–water partition coefficient (Wildman–Crippen LogP) is 3.01. The zero-order valence-corrected chi connectivity index (χ0v) is 13.6. The van der Waals surface area contributed by atoms with Crippen LogP contribution in [-0.2, 0) is 12.7 Å². The molecule has 5 nitrogen and oxygen atoms in total. The van der Waals surface area contributed by atoms with Crippen LogP contribution in [0.4, 0.5) is 19.0 Å². The number of guanidine groups is 1. The molecule has 1 aromatic heterocycles. The number of benzene rings is 1. The predicted molar refractivity (Wildman–Crippen MR) is 92.1 cm³/mol. The summed E-state index contributed by atoms with van der Waals surface area (Å²) in [7, 11) is 0. The van der Waals surface area contributed by atoms with Gasteiger partial charge in [-0.25, -0.2) is 9.98 Å². The first-order chi connectivity index (χ1) is 11.9. The topological polar surface area (TPSA) is 75.3 Å². The molecule has 0 aliphatic rings. The van der Waals surface area contributed by atoms with Gasteiger partial charge in [-0.1, -0.05) is 30.3 Å². The third kappa shape index (κ3) is 6.70. The number of halogens is 3. The van der Waals surface area contributed by atoms with Crippen LogP contribution < -0.4 is 16.4 Å². The minimum atomic E-state index is -4.37. The van der Waals surface area contributed by atoms with Gasteiger partial charge in [0.15, 0.2) is 5.96 Å². The largest absolute Gasteiger partial charge is 0.417 e. The lowest BCUT2D eigenvalue weighted by atomic mass is 10.2. The molecule has 0 saturated carbocycles. The Labute approximate surface area is 144 Å². The molecule has 8 heteroatoms. The Morgan fingerprint density at radius 2 is 1.84 bits per heavy atom. The number of pyridine rings is 1. The van der Waals surface area contributed by atoms with Gasteiger partial charge < -0.3 is 16.4 Å². The average Bonchev–Trinajstić information content (AvgIpc) is 2.60. The number of nitrogens with zero attached hydrogens (tertiary/aromatic N) is 2. The monoisotopic (exact) mass is 351 g/mol. The Hall–Kier alpha value is -2.77. The van der Waals surface area contributed by atoms with E-state index in [1.54, 1.807) is 0 Å². The second kappa shape index (κ2) is 8.91. The van der Waals surface area contributed by atoms with E-state index in [9.17, 15) is 13.2 Å². The van der Waals surface area contributed by atoms with E-state index in [2.05, 4.69) is 20.6 Å². The zero-order chi connectivity index (χ0) is 18.1. The molecule has 2 rings (SSSR count). The summed E-state index contributed by atoms with van der Waals surface area (Å²) in [5, 5.41) is 5.94. The number of rotatable bonds is 7. The first-order valence-corrected chi connectivity index (χ1v) is 7.80. The Morgan fingerprint density at radius 3 is 2.48 bits per heavy atom. The van der Waals surface area contributed by atoms with E-state index in [-0.39, 0.29) is 0 Å². The smallest absolute Gasteiger partial charge is 0.370 e. The number of hydrogen-bond donors (Lipinski definition) is 3. The number of hydrogen-bond acceptors (Lipinski definition) is 3. The van der Waals surface area contributed by atoms with Crippen LogP contribution in [0.5, 0.6) is 0 Å². The Kier molecular flexibility index (Phi) is 6.62. The van der Waals surface area contributed by atoms with Crippen molar-refractivity contribution in [3.63, 3.8) is 0 Å². The van der Waals surface area contributed by atoms with Crippen molar-refractivity contribution in [2.75, 3.05) is 18.4 Å². The molecule has 25 heavy (non-hydrogen) atoms. The molecule has 1 heterocycles. The highest BCUT2D eigenvalue weighted by molar-refractivity contribution is 5.77. The minimum absolute atomic E-state index is 0.358. The van der Waals surface area contributed by atoms with Crippen molar-refractivity contribution < 1.29 is 13.2 Å². The number of nitrogens with one attached hydrogen (secondary N) is 2. The molecule has 0 radical (unpaired) electrons. The van der Waals surface area contributed by atoms with E-state index < -0.39 is 11.7 Å². The molecule has 134 valence electrons. The van der Waals surface area contributed by atoms with Gasteiger partial charge in [0, 0.05) is 19.3 Å². The fourth-order valence-electron chi connectivity index (χ4n) is 2.00. The SMILES string of the molecule is NC(=NCc1ccccc1)NCCCNc1ccc(C(F)(F)F)cn1. The van der Waals surface area contributed by atoms with Crippen molar-refractivity contribution in [2.24, 2.45) is 10.7 Å². The molecule has 0 atom stereocenters. The summed E-state index contributed by atoms with van der Waals surface area (Å²) >= 11 is 0. The highest BCUT2D eigenvalue weighted by Gasteiger charge is 2.30. The Balaban J connectivity index is 1.64. The lowest BCUT2D eigenvalue weighted by Gasteiger charge is -2.09. The third-order valence-corrected chi connectivity index (χ3v) is 3.33. The summed E-state index contributed by atoms with van der Waals surface area (Å²) in [6.45, 7) is 1.66. The fraction of sp³-hybridized carbons (Fsp3) is 0.294. The maximum Gasteiger partial charge on any atom is 0.417 e. The molecule has 0 saturated heterocycles. The van der Waals surface area contributed by atoms with Gasteiger partial charge in [0.05, 0.1) is 12.1 Å². The van der Waals surface area contributed by atoms with Crippen molar-refractivity contribution in [1.29, 1.82) is 0 Å². The van der Waals surface area contributed by atoms with Crippen LogP contribution in [0, 0.1) is 0 Å². The van der Waals surface area contributed by atoms with E-state index in [1.807, 2.05) is 30.3 Å². The van der Waals surface area contributed by atoms with Crippen molar-refractivity contribution in [2.45, 2.75) is 19.1 Å². The van der Waals surface area contributed by atoms with Gasteiger partial charge in [-0.05, 0) is 24.1 Å². The van der Waals surface area contributed by atoms with Crippen molar-refractivity contribution in [3.8, 4) is 0 Å². The minimum Gasteiger partial charge on any atom is -0.370 e. The normalized spacial score (nSPS) is 12.0. The van der Waals surface area contributed by atoms with Crippen LogP contribution in [0.1, 0.15) is 17.5 Å². The quantitative estimate of drug-likeness (QED) is 0.407. The summed E-state index contributed by atoms with van der Waals surface area (Å²) in [6, 6.07) is 12.1. The van der Waals surface area contributed by atoms with Crippen LogP contribution in [-0.4, -0.2) is 24.0 Å². The molecule has 0 bridgehead atoms. The second-order valence-corrected chi connectivity index (χ2v) is 5.32. The van der Waals surface area contributed by atoms with Gasteiger partial charge >= 0.3 is 6.18 Å². The van der Waals surface area contributed by atoms with Crippen molar-refractivity contribution in [1.82, 2.24) is 10.3 Å². The highest BCUT2D eigenvalue weighted by Crippen LogP contribution is 2.28. The molecule has 0 aliphatic heterocycles. The van der Waals surface area contributed by atoms with Crippen LogP contribution in [0.2, 0.25) is 0 Å². The molecule has 0 unspecified atom stereocenters. The first-order valence-electron chi connectivity index (χ1n) is 7.80. The second-order valence-electron chi connectivity index (χ2n) is 5.32. The number of alkyl halides is 3. The van der Waals surface area contributed by atoms with E-state index >= 15 is 0 Å². The first kappa shape index (κ1) is 18.6. The molecule has 0 amide bonds. The summed E-state index contributed by atoms with van der Waals surface area (Å²) < 4.78 is 37.3. The molecular weight excluding hydrogens is 331 g/mol.